The summed E-state index contributed by atoms with van der Waals surface area (Å²) in [6.07, 6.45) is 1.09. The number of aliphatic imine (C=N–C) groups is 1. The number of hydrogen-bond donors (Lipinski definition) is 2. The van der Waals surface area contributed by atoms with E-state index in [1.807, 2.05) is 6.07 Å². The summed E-state index contributed by atoms with van der Waals surface area (Å²) in [5.41, 5.74) is 1.23. The van der Waals surface area contributed by atoms with Crippen molar-refractivity contribution in [2.45, 2.75) is 46.3 Å². The standard InChI is InChI=1S/C23H41N5O/c1-5-24-23(26-19-20(3)28-16-14-27(6-2)15-17-28)25-13-10-18-29-21(4)22-11-8-7-9-12-22/h7-9,11-12,20-21H,5-6,10,13-19H2,1-4H3,(H2,24,25,26). The fourth-order valence-corrected chi connectivity index (χ4v) is 3.56. The van der Waals surface area contributed by atoms with Crippen LogP contribution >= 0.6 is 0 Å². The van der Waals surface area contributed by atoms with Crippen LogP contribution in [0.5, 0.6) is 0 Å². The molecule has 2 N–H and O–H groups in total. The summed E-state index contributed by atoms with van der Waals surface area (Å²) in [5.74, 6) is 0.905. The molecule has 1 heterocycles. The Morgan fingerprint density at radius 1 is 1.07 bits per heavy atom. The highest BCUT2D eigenvalue weighted by atomic mass is 16.5. The van der Waals surface area contributed by atoms with Gasteiger partial charge in [-0.25, -0.2) is 0 Å². The van der Waals surface area contributed by atoms with Gasteiger partial charge >= 0.3 is 0 Å². The van der Waals surface area contributed by atoms with Gasteiger partial charge in [0.1, 0.15) is 0 Å². The molecule has 2 atom stereocenters. The van der Waals surface area contributed by atoms with Gasteiger partial charge in [0.05, 0.1) is 12.6 Å². The number of ether oxygens (including phenoxy) is 1. The van der Waals surface area contributed by atoms with Crippen LogP contribution in [0.4, 0.5) is 0 Å². The predicted molar refractivity (Wildman–Crippen MR) is 123 cm³/mol. The van der Waals surface area contributed by atoms with Crippen LogP contribution in [0, 0.1) is 0 Å². The van der Waals surface area contributed by atoms with Gasteiger partial charge in [-0.1, -0.05) is 37.3 Å². The van der Waals surface area contributed by atoms with Gasteiger partial charge in [0.15, 0.2) is 5.96 Å². The lowest BCUT2D eigenvalue weighted by molar-refractivity contribution is 0.0646. The van der Waals surface area contributed by atoms with E-state index in [1.165, 1.54) is 18.7 Å². The molecule has 0 spiro atoms. The van der Waals surface area contributed by atoms with Crippen molar-refractivity contribution >= 4 is 5.96 Å². The van der Waals surface area contributed by atoms with Crippen LogP contribution < -0.4 is 10.6 Å². The Bertz CT molecular complexity index is 572. The van der Waals surface area contributed by atoms with Crippen LogP contribution in [0.3, 0.4) is 0 Å². The molecule has 0 saturated carbocycles. The number of hydrogen-bond acceptors (Lipinski definition) is 4. The normalized spacial score (nSPS) is 18.4. The zero-order chi connectivity index (χ0) is 20.9. The molecule has 0 radical (unpaired) electrons. The summed E-state index contributed by atoms with van der Waals surface area (Å²) in [6.45, 7) is 17.8. The maximum atomic E-state index is 5.95. The number of benzene rings is 1. The highest BCUT2D eigenvalue weighted by Crippen LogP contribution is 2.15. The minimum Gasteiger partial charge on any atom is -0.374 e. The molecule has 1 aromatic carbocycles. The maximum Gasteiger partial charge on any atom is 0.191 e. The number of likely N-dealkylation sites (N-methyl/N-ethyl adjacent to an activating group) is 1. The van der Waals surface area contributed by atoms with E-state index in [-0.39, 0.29) is 6.10 Å². The smallest absolute Gasteiger partial charge is 0.191 e. The number of nitrogens with zero attached hydrogens (tertiary/aromatic N) is 3. The van der Waals surface area contributed by atoms with Crippen molar-refractivity contribution in [2.75, 3.05) is 59.0 Å². The summed E-state index contributed by atoms with van der Waals surface area (Å²) in [7, 11) is 0. The molecule has 6 nitrogen and oxygen atoms in total. The molecule has 0 amide bonds. The third-order valence-corrected chi connectivity index (χ3v) is 5.59. The first kappa shape index (κ1) is 23.6. The molecule has 1 aliphatic rings. The molecule has 0 aliphatic carbocycles. The lowest BCUT2D eigenvalue weighted by Gasteiger charge is -2.37. The first-order valence-electron chi connectivity index (χ1n) is 11.3. The van der Waals surface area contributed by atoms with Crippen molar-refractivity contribution in [1.29, 1.82) is 0 Å². The molecule has 0 aromatic heterocycles. The SMILES string of the molecule is CCNC(=NCC(C)N1CCN(CC)CC1)NCCCOC(C)c1ccccc1. The second-order valence-corrected chi connectivity index (χ2v) is 7.74. The summed E-state index contributed by atoms with van der Waals surface area (Å²) in [5, 5.41) is 6.79. The Labute approximate surface area is 177 Å². The van der Waals surface area contributed by atoms with Crippen molar-refractivity contribution in [1.82, 2.24) is 20.4 Å². The molecule has 1 saturated heterocycles. The van der Waals surface area contributed by atoms with Crippen LogP contribution in [-0.4, -0.2) is 80.8 Å². The fraction of sp³-hybridized carbons (Fsp3) is 0.696. The second kappa shape index (κ2) is 13.6. The summed E-state index contributed by atoms with van der Waals surface area (Å²) in [6, 6.07) is 10.8. The van der Waals surface area contributed by atoms with E-state index in [9.17, 15) is 0 Å². The minimum absolute atomic E-state index is 0.132. The molecular formula is C23H41N5O. The largest absolute Gasteiger partial charge is 0.374 e. The van der Waals surface area contributed by atoms with E-state index in [0.717, 1.165) is 58.3 Å². The van der Waals surface area contributed by atoms with Gasteiger partial charge in [0, 0.05) is 51.9 Å². The molecule has 29 heavy (non-hydrogen) atoms. The summed E-state index contributed by atoms with van der Waals surface area (Å²) < 4.78 is 5.95. The molecule has 1 aromatic rings. The Balaban J connectivity index is 1.66. The zero-order valence-electron chi connectivity index (χ0n) is 18.9. The first-order chi connectivity index (χ1) is 14.1. The van der Waals surface area contributed by atoms with Crippen molar-refractivity contribution in [3.63, 3.8) is 0 Å². The second-order valence-electron chi connectivity index (χ2n) is 7.74. The average Bonchev–Trinajstić information content (AvgIpc) is 2.77. The van der Waals surface area contributed by atoms with Gasteiger partial charge in [0.25, 0.3) is 0 Å². The van der Waals surface area contributed by atoms with Gasteiger partial charge in [-0.15, -0.1) is 0 Å². The lowest BCUT2D eigenvalue weighted by atomic mass is 10.1. The molecule has 6 heteroatoms. The van der Waals surface area contributed by atoms with Gasteiger partial charge in [-0.3, -0.25) is 9.89 Å². The van der Waals surface area contributed by atoms with E-state index in [2.05, 4.69) is 72.4 Å². The monoisotopic (exact) mass is 403 g/mol. The van der Waals surface area contributed by atoms with Crippen molar-refractivity contribution in [3.05, 3.63) is 35.9 Å². The van der Waals surface area contributed by atoms with E-state index >= 15 is 0 Å². The van der Waals surface area contributed by atoms with Crippen molar-refractivity contribution < 1.29 is 4.74 Å². The quantitative estimate of drug-likeness (QED) is 0.338. The zero-order valence-corrected chi connectivity index (χ0v) is 18.9. The number of nitrogens with one attached hydrogen (secondary N) is 2. The molecule has 2 rings (SSSR count). The van der Waals surface area contributed by atoms with Crippen LogP contribution in [0.25, 0.3) is 0 Å². The van der Waals surface area contributed by atoms with E-state index < -0.39 is 0 Å². The minimum atomic E-state index is 0.132. The van der Waals surface area contributed by atoms with E-state index in [0.29, 0.717) is 6.04 Å². The molecule has 164 valence electrons. The third kappa shape index (κ3) is 8.72. The topological polar surface area (TPSA) is 52.1 Å². The lowest BCUT2D eigenvalue weighted by Crippen LogP contribution is -2.50. The van der Waals surface area contributed by atoms with E-state index in [1.54, 1.807) is 0 Å². The van der Waals surface area contributed by atoms with Crippen LogP contribution in [0.15, 0.2) is 35.3 Å². The Morgan fingerprint density at radius 3 is 2.45 bits per heavy atom. The maximum absolute atomic E-state index is 5.95. The van der Waals surface area contributed by atoms with Gasteiger partial charge in [-0.05, 0) is 39.3 Å². The highest BCUT2D eigenvalue weighted by molar-refractivity contribution is 5.79. The summed E-state index contributed by atoms with van der Waals surface area (Å²) in [4.78, 5) is 9.87. The number of guanidine groups is 1. The van der Waals surface area contributed by atoms with Crippen molar-refractivity contribution in [3.8, 4) is 0 Å². The Hall–Kier alpha value is -1.63. The molecule has 2 unspecified atom stereocenters. The first-order valence-corrected chi connectivity index (χ1v) is 11.3. The average molecular weight is 404 g/mol. The fourth-order valence-electron chi connectivity index (χ4n) is 3.56. The van der Waals surface area contributed by atoms with Crippen LogP contribution in [0.1, 0.15) is 45.8 Å². The molecule has 1 fully saturated rings. The third-order valence-electron chi connectivity index (χ3n) is 5.59. The highest BCUT2D eigenvalue weighted by Gasteiger charge is 2.19. The molecular weight excluding hydrogens is 362 g/mol. The number of rotatable bonds is 11. The van der Waals surface area contributed by atoms with Gasteiger partial charge < -0.3 is 20.3 Å². The Kier molecular flexibility index (Phi) is 11.1. The van der Waals surface area contributed by atoms with E-state index in [4.69, 9.17) is 9.73 Å². The van der Waals surface area contributed by atoms with Gasteiger partial charge in [-0.2, -0.15) is 0 Å². The van der Waals surface area contributed by atoms with Gasteiger partial charge in [0.2, 0.25) is 0 Å². The van der Waals surface area contributed by atoms with Crippen molar-refractivity contribution in [2.24, 2.45) is 4.99 Å². The molecule has 1 aliphatic heterocycles. The summed E-state index contributed by atoms with van der Waals surface area (Å²) >= 11 is 0. The van der Waals surface area contributed by atoms with Crippen LogP contribution in [0.2, 0.25) is 0 Å². The molecule has 0 bridgehead atoms. The number of piperazine rings is 1. The predicted octanol–water partition coefficient (Wildman–Crippen LogP) is 2.74. The Morgan fingerprint density at radius 2 is 1.79 bits per heavy atom. The van der Waals surface area contributed by atoms with Crippen LogP contribution in [-0.2, 0) is 4.74 Å².